The minimum absolute atomic E-state index is 0.171. The monoisotopic (exact) mass is 519 g/mol. The number of allylic oxidation sites excluding steroid dienone is 2. The molecule has 3 aromatic carbocycles. The van der Waals surface area contributed by atoms with Gasteiger partial charge in [0.25, 0.3) is 0 Å². The van der Waals surface area contributed by atoms with E-state index in [2.05, 4.69) is 48.3 Å². The largest absolute Gasteiger partial charge is 0.489 e. The summed E-state index contributed by atoms with van der Waals surface area (Å²) in [4.78, 5) is 20.4. The summed E-state index contributed by atoms with van der Waals surface area (Å²) < 4.78 is 7.88. The zero-order valence-electron chi connectivity index (χ0n) is 22.4. The van der Waals surface area contributed by atoms with Crippen LogP contribution in [0.15, 0.2) is 90.1 Å². The van der Waals surface area contributed by atoms with Gasteiger partial charge in [-0.05, 0) is 74.2 Å². The Hall–Kier alpha value is -4.39. The van der Waals surface area contributed by atoms with Gasteiger partial charge in [0.2, 0.25) is 5.95 Å². The Labute approximate surface area is 229 Å². The fourth-order valence-corrected chi connectivity index (χ4v) is 5.48. The molecule has 2 heterocycles. The molecule has 1 atom stereocenters. The number of anilines is 2. The minimum atomic E-state index is -0.330. The maximum absolute atomic E-state index is 13.2. The quantitative estimate of drug-likeness (QED) is 0.291. The number of Topliss-reactive ketones (excluding diaryl/α,β-unsaturated/α-hetero) is 1. The maximum Gasteiger partial charge on any atom is 0.226 e. The summed E-state index contributed by atoms with van der Waals surface area (Å²) in [5, 5.41) is 8.36. The van der Waals surface area contributed by atoms with E-state index in [9.17, 15) is 4.79 Å². The van der Waals surface area contributed by atoms with Crippen molar-refractivity contribution in [1.82, 2.24) is 14.8 Å². The molecule has 6 rings (SSSR count). The van der Waals surface area contributed by atoms with Crippen molar-refractivity contribution < 1.29 is 9.53 Å². The first kappa shape index (κ1) is 24.9. The molecule has 1 aliphatic heterocycles. The van der Waals surface area contributed by atoms with Crippen LogP contribution in [0.1, 0.15) is 50.3 Å². The molecule has 198 valence electrons. The van der Waals surface area contributed by atoms with E-state index in [-0.39, 0.29) is 11.8 Å². The first-order chi connectivity index (χ1) is 19.1. The second kappa shape index (κ2) is 10.8. The number of nitrogens with one attached hydrogen (secondary N) is 1. The van der Waals surface area contributed by atoms with Crippen LogP contribution in [0.2, 0.25) is 0 Å². The Morgan fingerprint density at radius 2 is 1.69 bits per heavy atom. The molecule has 39 heavy (non-hydrogen) atoms. The second-order valence-electron chi connectivity index (χ2n) is 9.96. The average Bonchev–Trinajstić information content (AvgIpc) is 3.41. The molecule has 7 heteroatoms. The lowest BCUT2D eigenvalue weighted by Gasteiger charge is -2.32. The number of rotatable bonds is 8. The number of aromatic nitrogens is 3. The van der Waals surface area contributed by atoms with E-state index in [4.69, 9.17) is 14.8 Å². The number of nitrogens with zero attached hydrogens (tertiary/aromatic N) is 4. The van der Waals surface area contributed by atoms with Crippen molar-refractivity contribution in [3.63, 3.8) is 0 Å². The summed E-state index contributed by atoms with van der Waals surface area (Å²) in [5.41, 5.74) is 5.99. The molecule has 7 nitrogen and oxygen atoms in total. The molecule has 1 aromatic heterocycles. The molecule has 2 aliphatic rings. The standard InChI is InChI=1S/C32H33N5O2/c1-3-36(4-2)25-17-13-24(14-18-25)31-34-32-33-27-11-8-12-28(38)29(27)30(37(32)35-31)23-15-19-26(20-16-23)39-21-22-9-6-5-7-10-22/h5-7,9-10,13-20,30H,3-4,8,11-12,21H2,1-2H3,(H,33,34,35). The Bertz CT molecular complexity index is 1490. The molecule has 1 unspecified atom stereocenters. The van der Waals surface area contributed by atoms with Crippen LogP contribution in [0.4, 0.5) is 11.6 Å². The van der Waals surface area contributed by atoms with Gasteiger partial charge in [0.1, 0.15) is 18.4 Å². The predicted octanol–water partition coefficient (Wildman–Crippen LogP) is 6.39. The zero-order chi connectivity index (χ0) is 26.8. The third kappa shape index (κ3) is 4.92. The average molecular weight is 520 g/mol. The van der Waals surface area contributed by atoms with Crippen LogP contribution in [-0.2, 0) is 11.4 Å². The van der Waals surface area contributed by atoms with Crippen molar-refractivity contribution in [2.45, 2.75) is 45.8 Å². The van der Waals surface area contributed by atoms with Crippen molar-refractivity contribution in [3.8, 4) is 17.1 Å². The van der Waals surface area contributed by atoms with E-state index < -0.39 is 0 Å². The van der Waals surface area contributed by atoms with Crippen molar-refractivity contribution in [1.29, 1.82) is 0 Å². The van der Waals surface area contributed by atoms with Gasteiger partial charge >= 0.3 is 0 Å². The van der Waals surface area contributed by atoms with Crippen molar-refractivity contribution in [3.05, 3.63) is 101 Å². The van der Waals surface area contributed by atoms with Gasteiger partial charge < -0.3 is 15.0 Å². The summed E-state index contributed by atoms with van der Waals surface area (Å²) in [7, 11) is 0. The third-order valence-electron chi connectivity index (χ3n) is 7.57. The highest BCUT2D eigenvalue weighted by Gasteiger charge is 2.37. The first-order valence-electron chi connectivity index (χ1n) is 13.8. The molecule has 0 fully saturated rings. The fourth-order valence-electron chi connectivity index (χ4n) is 5.48. The van der Waals surface area contributed by atoms with Crippen LogP contribution in [0.3, 0.4) is 0 Å². The number of ketones is 1. The van der Waals surface area contributed by atoms with Crippen LogP contribution in [0.5, 0.6) is 5.75 Å². The second-order valence-corrected chi connectivity index (χ2v) is 9.96. The van der Waals surface area contributed by atoms with Gasteiger partial charge in [-0.1, -0.05) is 42.5 Å². The Morgan fingerprint density at radius 3 is 2.41 bits per heavy atom. The number of benzene rings is 3. The summed E-state index contributed by atoms with van der Waals surface area (Å²) in [6.07, 6.45) is 2.23. The predicted molar refractivity (Wildman–Crippen MR) is 154 cm³/mol. The summed E-state index contributed by atoms with van der Waals surface area (Å²) in [6, 6.07) is 26.2. The van der Waals surface area contributed by atoms with Crippen LogP contribution in [0, 0.1) is 0 Å². The van der Waals surface area contributed by atoms with Crippen LogP contribution in [-0.4, -0.2) is 33.6 Å². The number of hydrogen-bond donors (Lipinski definition) is 1. The van der Waals surface area contributed by atoms with E-state index in [1.54, 1.807) is 0 Å². The molecule has 1 aliphatic carbocycles. The number of carbonyl (C=O) groups is 1. The Kier molecular flexibility index (Phi) is 6.88. The van der Waals surface area contributed by atoms with Crippen LogP contribution < -0.4 is 15.0 Å². The molecule has 0 amide bonds. The van der Waals surface area contributed by atoms with Gasteiger partial charge in [0.15, 0.2) is 11.6 Å². The lowest BCUT2D eigenvalue weighted by molar-refractivity contribution is -0.116. The van der Waals surface area contributed by atoms with E-state index in [0.717, 1.165) is 59.6 Å². The summed E-state index contributed by atoms with van der Waals surface area (Å²) in [5.74, 6) is 2.27. The highest BCUT2D eigenvalue weighted by Crippen LogP contribution is 2.41. The van der Waals surface area contributed by atoms with Gasteiger partial charge in [-0.15, -0.1) is 5.10 Å². The van der Waals surface area contributed by atoms with Crippen molar-refractivity contribution in [2.75, 3.05) is 23.3 Å². The maximum atomic E-state index is 13.2. The molecule has 1 N–H and O–H groups in total. The first-order valence-corrected chi connectivity index (χ1v) is 13.8. The summed E-state index contributed by atoms with van der Waals surface area (Å²) >= 11 is 0. The molecule has 0 radical (unpaired) electrons. The van der Waals surface area contributed by atoms with Gasteiger partial charge in [-0.2, -0.15) is 4.98 Å². The van der Waals surface area contributed by atoms with Crippen LogP contribution >= 0.6 is 0 Å². The number of fused-ring (bicyclic) bond motifs is 1. The van der Waals surface area contributed by atoms with Crippen LogP contribution in [0.25, 0.3) is 11.4 Å². The molecule has 0 saturated heterocycles. The van der Waals surface area contributed by atoms with Crippen molar-refractivity contribution in [2.24, 2.45) is 0 Å². The van der Waals surface area contributed by atoms with Gasteiger partial charge in [-0.3, -0.25) is 4.79 Å². The SMILES string of the molecule is CCN(CC)c1ccc(-c2nc3n(n2)C(c2ccc(OCc4ccccc4)cc2)C2=C(CCCC2=O)N3)cc1. The highest BCUT2D eigenvalue weighted by molar-refractivity contribution is 5.99. The topological polar surface area (TPSA) is 72.3 Å². The fraction of sp³-hybridized carbons (Fsp3) is 0.281. The van der Waals surface area contributed by atoms with E-state index >= 15 is 0 Å². The Balaban J connectivity index is 1.31. The van der Waals surface area contributed by atoms with E-state index in [0.29, 0.717) is 24.8 Å². The number of carbonyl (C=O) groups excluding carboxylic acids is 1. The third-order valence-corrected chi connectivity index (χ3v) is 7.57. The molecule has 0 bridgehead atoms. The smallest absolute Gasteiger partial charge is 0.226 e. The van der Waals surface area contributed by atoms with Gasteiger partial charge in [0, 0.05) is 42.0 Å². The summed E-state index contributed by atoms with van der Waals surface area (Å²) in [6.45, 7) is 6.74. The molecule has 4 aromatic rings. The lowest BCUT2D eigenvalue weighted by Crippen LogP contribution is -2.31. The Morgan fingerprint density at radius 1 is 0.949 bits per heavy atom. The minimum Gasteiger partial charge on any atom is -0.489 e. The molecular weight excluding hydrogens is 486 g/mol. The van der Waals surface area contributed by atoms with Gasteiger partial charge in [0.05, 0.1) is 0 Å². The number of ether oxygens (including phenoxy) is 1. The van der Waals surface area contributed by atoms with E-state index in [1.807, 2.05) is 59.3 Å². The molecule has 0 spiro atoms. The zero-order valence-corrected chi connectivity index (χ0v) is 22.4. The normalized spacial score (nSPS) is 16.4. The van der Waals surface area contributed by atoms with Crippen molar-refractivity contribution >= 4 is 17.4 Å². The molecular formula is C32H33N5O2. The van der Waals surface area contributed by atoms with Gasteiger partial charge in [-0.25, -0.2) is 4.68 Å². The molecule has 0 saturated carbocycles. The lowest BCUT2D eigenvalue weighted by atomic mass is 9.85. The number of hydrogen-bond acceptors (Lipinski definition) is 6. The highest BCUT2D eigenvalue weighted by atomic mass is 16.5. The van der Waals surface area contributed by atoms with E-state index in [1.165, 1.54) is 5.69 Å².